The van der Waals surface area contributed by atoms with Gasteiger partial charge in [-0.2, -0.15) is 0 Å². The van der Waals surface area contributed by atoms with Crippen molar-refractivity contribution in [2.24, 2.45) is 0 Å². The smallest absolute Gasteiger partial charge is 0.171 e. The van der Waals surface area contributed by atoms with Crippen LogP contribution in [0.2, 0.25) is 0 Å². The molecular weight excluding hydrogens is 339 g/mol. The fourth-order valence-electron chi connectivity index (χ4n) is 1.98. The average Bonchev–Trinajstić information content (AvgIpc) is 2.50. The number of Topliss-reactive ketones (excluding diaryl/α,β-unsaturated/α-hetero) is 1. The van der Waals surface area contributed by atoms with Crippen LogP contribution in [0.5, 0.6) is 11.5 Å². The van der Waals surface area contributed by atoms with Crippen LogP contribution < -0.4 is 9.47 Å². The van der Waals surface area contributed by atoms with E-state index in [1.807, 2.05) is 0 Å². The number of benzene rings is 2. The largest absolute Gasteiger partial charge is 0.497 e. The van der Waals surface area contributed by atoms with Crippen molar-refractivity contribution < 1.29 is 18.7 Å². The lowest BCUT2D eigenvalue weighted by atomic mass is 10.0. The number of ketones is 1. The molecule has 2 aromatic rings. The molecule has 0 atom stereocenters. The Labute approximate surface area is 130 Å². The summed E-state index contributed by atoms with van der Waals surface area (Å²) in [4.78, 5) is 12.4. The van der Waals surface area contributed by atoms with Crippen LogP contribution in [0, 0.1) is 5.82 Å². The molecule has 0 aliphatic rings. The van der Waals surface area contributed by atoms with Gasteiger partial charge in [0.25, 0.3) is 0 Å². The molecule has 5 heteroatoms. The molecule has 2 rings (SSSR count). The Hall–Kier alpha value is -1.88. The first-order valence-corrected chi connectivity index (χ1v) is 7.03. The Morgan fingerprint density at radius 3 is 2.57 bits per heavy atom. The summed E-state index contributed by atoms with van der Waals surface area (Å²) < 4.78 is 24.8. The van der Waals surface area contributed by atoms with E-state index in [-0.39, 0.29) is 12.2 Å². The lowest BCUT2D eigenvalue weighted by Crippen LogP contribution is -2.07. The highest BCUT2D eigenvalue weighted by atomic mass is 79.9. The van der Waals surface area contributed by atoms with E-state index in [2.05, 4.69) is 15.9 Å². The Morgan fingerprint density at radius 1 is 1.14 bits per heavy atom. The van der Waals surface area contributed by atoms with Crippen LogP contribution in [-0.4, -0.2) is 20.0 Å². The first-order chi connectivity index (χ1) is 10.0. The zero-order chi connectivity index (χ0) is 15.4. The van der Waals surface area contributed by atoms with E-state index in [1.165, 1.54) is 20.3 Å². The molecule has 0 saturated heterocycles. The first-order valence-electron chi connectivity index (χ1n) is 6.24. The van der Waals surface area contributed by atoms with Gasteiger partial charge in [0, 0.05) is 10.9 Å². The fourth-order valence-corrected chi connectivity index (χ4v) is 2.39. The minimum atomic E-state index is -0.409. The second-order valence-electron chi connectivity index (χ2n) is 4.40. The van der Waals surface area contributed by atoms with Gasteiger partial charge < -0.3 is 9.47 Å². The van der Waals surface area contributed by atoms with Gasteiger partial charge in [-0.05, 0) is 42.0 Å². The van der Waals surface area contributed by atoms with Gasteiger partial charge in [-0.15, -0.1) is 0 Å². The lowest BCUT2D eigenvalue weighted by molar-refractivity contribution is 0.0988. The number of carbonyl (C=O) groups excluding carboxylic acids is 1. The van der Waals surface area contributed by atoms with Crippen LogP contribution in [0.15, 0.2) is 40.9 Å². The molecule has 0 radical (unpaired) electrons. The van der Waals surface area contributed by atoms with Gasteiger partial charge in [0.05, 0.1) is 19.8 Å². The molecule has 0 aliphatic carbocycles. The molecule has 0 aromatic heterocycles. The van der Waals surface area contributed by atoms with Crippen molar-refractivity contribution >= 4 is 21.7 Å². The number of hydrogen-bond donors (Lipinski definition) is 0. The number of methoxy groups -OCH3 is 2. The van der Waals surface area contributed by atoms with Crippen LogP contribution in [0.1, 0.15) is 15.9 Å². The zero-order valence-corrected chi connectivity index (χ0v) is 13.2. The topological polar surface area (TPSA) is 35.5 Å². The third-order valence-corrected chi connectivity index (χ3v) is 3.56. The van der Waals surface area contributed by atoms with Crippen molar-refractivity contribution in [2.45, 2.75) is 6.42 Å². The number of rotatable bonds is 5. The fraction of sp³-hybridized carbons (Fsp3) is 0.188. The van der Waals surface area contributed by atoms with E-state index in [9.17, 15) is 9.18 Å². The van der Waals surface area contributed by atoms with Gasteiger partial charge in [-0.1, -0.05) is 15.9 Å². The number of carbonyl (C=O) groups is 1. The van der Waals surface area contributed by atoms with Crippen LogP contribution in [0.4, 0.5) is 4.39 Å². The third kappa shape index (κ3) is 3.61. The van der Waals surface area contributed by atoms with Gasteiger partial charge in [-0.25, -0.2) is 4.39 Å². The highest BCUT2D eigenvalue weighted by molar-refractivity contribution is 9.10. The maximum Gasteiger partial charge on any atom is 0.171 e. The Balaban J connectivity index is 2.33. The van der Waals surface area contributed by atoms with Crippen molar-refractivity contribution in [1.82, 2.24) is 0 Å². The highest BCUT2D eigenvalue weighted by Crippen LogP contribution is 2.26. The van der Waals surface area contributed by atoms with Crippen LogP contribution >= 0.6 is 15.9 Å². The highest BCUT2D eigenvalue weighted by Gasteiger charge is 2.16. The lowest BCUT2D eigenvalue weighted by Gasteiger charge is -2.10. The van der Waals surface area contributed by atoms with E-state index < -0.39 is 5.82 Å². The van der Waals surface area contributed by atoms with Gasteiger partial charge in [0.2, 0.25) is 0 Å². The number of hydrogen-bond acceptors (Lipinski definition) is 3. The summed E-state index contributed by atoms with van der Waals surface area (Å²) in [6.45, 7) is 0. The minimum Gasteiger partial charge on any atom is -0.497 e. The second-order valence-corrected chi connectivity index (χ2v) is 5.32. The van der Waals surface area contributed by atoms with E-state index in [0.717, 1.165) is 4.47 Å². The molecular formula is C16H14BrFO3. The van der Waals surface area contributed by atoms with Crippen LogP contribution in [-0.2, 0) is 6.42 Å². The summed E-state index contributed by atoms with van der Waals surface area (Å²) >= 11 is 3.27. The number of ether oxygens (including phenoxy) is 2. The maximum absolute atomic E-state index is 13.7. The molecule has 0 N–H and O–H groups in total. The summed E-state index contributed by atoms with van der Waals surface area (Å²) in [6, 6.07) is 9.47. The molecule has 0 aliphatic heterocycles. The van der Waals surface area contributed by atoms with E-state index in [0.29, 0.717) is 22.6 Å². The zero-order valence-electron chi connectivity index (χ0n) is 11.7. The van der Waals surface area contributed by atoms with Crippen LogP contribution in [0.3, 0.4) is 0 Å². The van der Waals surface area contributed by atoms with Gasteiger partial charge >= 0.3 is 0 Å². The molecule has 2 aromatic carbocycles. The Kier molecular flexibility index (Phi) is 4.96. The predicted molar refractivity (Wildman–Crippen MR) is 81.7 cm³/mol. The van der Waals surface area contributed by atoms with Crippen molar-refractivity contribution in [1.29, 1.82) is 0 Å². The molecule has 0 saturated carbocycles. The Morgan fingerprint density at radius 2 is 1.90 bits per heavy atom. The number of halogens is 2. The summed E-state index contributed by atoms with van der Waals surface area (Å²) in [5, 5.41) is 0. The van der Waals surface area contributed by atoms with Gasteiger partial charge in [0.15, 0.2) is 5.78 Å². The normalized spacial score (nSPS) is 10.3. The molecule has 0 bridgehead atoms. The van der Waals surface area contributed by atoms with Crippen molar-refractivity contribution in [2.75, 3.05) is 14.2 Å². The Bertz CT molecular complexity index is 671. The molecule has 110 valence electrons. The third-order valence-electron chi connectivity index (χ3n) is 3.07. The minimum absolute atomic E-state index is 0.0468. The van der Waals surface area contributed by atoms with E-state index in [4.69, 9.17) is 9.47 Å². The molecule has 21 heavy (non-hydrogen) atoms. The van der Waals surface area contributed by atoms with E-state index >= 15 is 0 Å². The monoisotopic (exact) mass is 352 g/mol. The molecule has 0 amide bonds. The van der Waals surface area contributed by atoms with Crippen molar-refractivity contribution in [3.8, 4) is 11.5 Å². The molecule has 0 unspecified atom stereocenters. The quantitative estimate of drug-likeness (QED) is 0.762. The predicted octanol–water partition coefficient (Wildman–Crippen LogP) is 4.03. The molecule has 0 fully saturated rings. The van der Waals surface area contributed by atoms with Crippen LogP contribution in [0.25, 0.3) is 0 Å². The maximum atomic E-state index is 13.7. The van der Waals surface area contributed by atoms with Crippen molar-refractivity contribution in [3.63, 3.8) is 0 Å². The average molecular weight is 353 g/mol. The molecule has 3 nitrogen and oxygen atoms in total. The summed E-state index contributed by atoms with van der Waals surface area (Å²) in [6.07, 6.45) is -0.0468. The van der Waals surface area contributed by atoms with E-state index in [1.54, 1.807) is 30.3 Å². The standard InChI is InChI=1S/C16H14BrFO3/c1-20-12-4-6-16(21-2)13(9-12)15(19)8-10-7-11(17)3-5-14(10)18/h3-7,9H,8H2,1-2H3. The molecule has 0 spiro atoms. The van der Waals surface area contributed by atoms with Crippen molar-refractivity contribution in [3.05, 3.63) is 57.8 Å². The SMILES string of the molecule is COc1ccc(OC)c(C(=O)Cc2cc(Br)ccc2F)c1. The van der Waals surface area contributed by atoms with Gasteiger partial charge in [-0.3, -0.25) is 4.79 Å². The summed E-state index contributed by atoms with van der Waals surface area (Å²) in [5.74, 6) is 0.348. The molecule has 0 heterocycles. The summed E-state index contributed by atoms with van der Waals surface area (Å²) in [5.41, 5.74) is 0.704. The summed E-state index contributed by atoms with van der Waals surface area (Å²) in [7, 11) is 3.00. The van der Waals surface area contributed by atoms with Gasteiger partial charge in [0.1, 0.15) is 17.3 Å². The second kappa shape index (κ2) is 6.72. The first kappa shape index (κ1) is 15.5.